The Morgan fingerprint density at radius 1 is 0.591 bits per heavy atom. The molecule has 2 amide bonds. The third kappa shape index (κ3) is 6.90. The first kappa shape index (κ1) is 29.7. The van der Waals surface area contributed by atoms with E-state index in [4.69, 9.17) is 9.47 Å². The summed E-state index contributed by atoms with van der Waals surface area (Å²) in [5.74, 6) is 1.72. The van der Waals surface area contributed by atoms with Gasteiger partial charge in [0.15, 0.2) is 0 Å². The minimum atomic E-state index is -0.154. The van der Waals surface area contributed by atoms with Crippen LogP contribution in [0.1, 0.15) is 34.8 Å². The lowest BCUT2D eigenvalue weighted by Crippen LogP contribution is -2.40. The number of hydrogen-bond donors (Lipinski definition) is 0. The summed E-state index contributed by atoms with van der Waals surface area (Å²) in [5.41, 5.74) is 0. The lowest BCUT2D eigenvalue weighted by molar-refractivity contribution is 0.144. The van der Waals surface area contributed by atoms with Gasteiger partial charge in [0.1, 0.15) is 23.7 Å². The van der Waals surface area contributed by atoms with Crippen LogP contribution in [0.5, 0.6) is 11.5 Å². The summed E-state index contributed by atoms with van der Waals surface area (Å²) in [6.45, 7) is 1.13. The van der Waals surface area contributed by atoms with E-state index in [2.05, 4.69) is 59.3 Å². The van der Waals surface area contributed by atoms with Crippen LogP contribution in [0.25, 0.3) is 21.5 Å². The molecule has 0 N–H and O–H groups in total. The predicted octanol–water partition coefficient (Wildman–Crippen LogP) is 9.82. The summed E-state index contributed by atoms with van der Waals surface area (Å²) in [4.78, 5) is 19.4. The maximum Gasteiger partial charge on any atom is 0.319 e. The number of benzene rings is 4. The lowest BCUT2D eigenvalue weighted by atomic mass is 10.1. The third-order valence-corrected chi connectivity index (χ3v) is 9.79. The van der Waals surface area contributed by atoms with Crippen molar-refractivity contribution in [3.63, 3.8) is 0 Å². The van der Waals surface area contributed by atoms with Crippen molar-refractivity contribution >= 4 is 50.2 Å². The van der Waals surface area contributed by atoms with Crippen molar-refractivity contribution in [2.75, 3.05) is 27.2 Å². The van der Waals surface area contributed by atoms with Gasteiger partial charge in [-0.15, -0.1) is 22.7 Å². The van der Waals surface area contributed by atoms with E-state index < -0.39 is 0 Å². The Labute approximate surface area is 266 Å². The molecule has 0 bridgehead atoms. The van der Waals surface area contributed by atoms with Crippen LogP contribution >= 0.6 is 22.7 Å². The van der Waals surface area contributed by atoms with Crippen molar-refractivity contribution in [2.45, 2.75) is 25.0 Å². The van der Waals surface area contributed by atoms with Crippen LogP contribution in [0.15, 0.2) is 120 Å². The molecule has 4 aromatic carbocycles. The molecule has 0 aliphatic heterocycles. The second kappa shape index (κ2) is 14.0. The number of ether oxygens (including phenoxy) is 2. The number of amides is 2. The monoisotopic (exact) mass is 620 g/mol. The topological polar surface area (TPSA) is 42.0 Å². The van der Waals surface area contributed by atoms with Gasteiger partial charge in [0.05, 0.1) is 0 Å². The summed E-state index contributed by atoms with van der Waals surface area (Å²) >= 11 is 3.36. The zero-order valence-electron chi connectivity index (χ0n) is 25.0. The van der Waals surface area contributed by atoms with Crippen LogP contribution in [-0.2, 0) is 0 Å². The van der Waals surface area contributed by atoms with E-state index >= 15 is 0 Å². The van der Waals surface area contributed by atoms with Crippen LogP contribution in [0.2, 0.25) is 0 Å². The number of carbonyl (C=O) groups is 1. The molecule has 0 aliphatic carbocycles. The smallest absolute Gasteiger partial charge is 0.319 e. The number of urea groups is 1. The maximum atomic E-state index is 13.5. The molecule has 5 nitrogen and oxygen atoms in total. The van der Waals surface area contributed by atoms with Gasteiger partial charge in [-0.25, -0.2) is 4.79 Å². The quantitative estimate of drug-likeness (QED) is 0.137. The SMILES string of the molecule is CN(CCC(Oc1cccc2ccccc12)c1cccs1)C(=O)N(C)CCC(Oc1cccc2ccccc12)c1cccs1. The van der Waals surface area contributed by atoms with Crippen LogP contribution in [0.3, 0.4) is 0 Å². The first-order chi connectivity index (χ1) is 21.6. The molecule has 7 heteroatoms. The summed E-state index contributed by atoms with van der Waals surface area (Å²) in [6.07, 6.45) is 1.06. The number of rotatable bonds is 12. The number of carbonyl (C=O) groups excluding carboxylic acids is 1. The molecular formula is C37H36N2O3S2. The minimum Gasteiger partial charge on any atom is -0.484 e. The van der Waals surface area contributed by atoms with E-state index in [0.717, 1.165) is 42.8 Å². The van der Waals surface area contributed by atoms with E-state index in [1.807, 2.05) is 74.8 Å². The first-order valence-corrected chi connectivity index (χ1v) is 16.6. The van der Waals surface area contributed by atoms with E-state index in [0.29, 0.717) is 25.9 Å². The predicted molar refractivity (Wildman–Crippen MR) is 183 cm³/mol. The largest absolute Gasteiger partial charge is 0.484 e. The molecule has 0 saturated carbocycles. The van der Waals surface area contributed by atoms with Gasteiger partial charge < -0.3 is 19.3 Å². The molecule has 224 valence electrons. The van der Waals surface area contributed by atoms with Gasteiger partial charge in [0.2, 0.25) is 0 Å². The highest BCUT2D eigenvalue weighted by Crippen LogP contribution is 2.34. The molecule has 0 saturated heterocycles. The highest BCUT2D eigenvalue weighted by Gasteiger charge is 2.22. The molecule has 0 spiro atoms. The Morgan fingerprint density at radius 3 is 1.45 bits per heavy atom. The molecular weight excluding hydrogens is 585 g/mol. The molecule has 6 rings (SSSR count). The fraction of sp³-hybridized carbons (Fsp3) is 0.216. The second-order valence-corrected chi connectivity index (χ2v) is 12.9. The van der Waals surface area contributed by atoms with Gasteiger partial charge in [0, 0.05) is 60.6 Å². The van der Waals surface area contributed by atoms with Crippen molar-refractivity contribution < 1.29 is 14.3 Å². The van der Waals surface area contributed by atoms with E-state index in [-0.39, 0.29) is 18.2 Å². The Hall–Kier alpha value is -4.33. The molecule has 0 fully saturated rings. The van der Waals surface area contributed by atoms with Crippen molar-refractivity contribution in [1.82, 2.24) is 9.80 Å². The summed E-state index contributed by atoms with van der Waals surface area (Å²) < 4.78 is 13.2. The maximum absolute atomic E-state index is 13.5. The van der Waals surface area contributed by atoms with Crippen LogP contribution < -0.4 is 9.47 Å². The van der Waals surface area contributed by atoms with E-state index in [1.54, 1.807) is 32.5 Å². The van der Waals surface area contributed by atoms with Gasteiger partial charge in [-0.1, -0.05) is 84.9 Å². The van der Waals surface area contributed by atoms with Gasteiger partial charge in [-0.2, -0.15) is 0 Å². The Morgan fingerprint density at radius 2 is 1.02 bits per heavy atom. The fourth-order valence-electron chi connectivity index (χ4n) is 5.48. The van der Waals surface area contributed by atoms with Crippen LogP contribution in [-0.4, -0.2) is 43.0 Å². The van der Waals surface area contributed by atoms with Gasteiger partial charge >= 0.3 is 6.03 Å². The molecule has 2 aromatic heterocycles. The molecule has 2 atom stereocenters. The summed E-state index contributed by atoms with van der Waals surface area (Å²) in [5, 5.41) is 8.62. The molecule has 0 radical (unpaired) electrons. The normalized spacial score (nSPS) is 12.6. The number of hydrogen-bond acceptors (Lipinski definition) is 5. The molecule has 0 aliphatic rings. The third-order valence-electron chi connectivity index (χ3n) is 7.87. The highest BCUT2D eigenvalue weighted by atomic mass is 32.1. The first-order valence-electron chi connectivity index (χ1n) is 14.9. The summed E-state index contributed by atoms with van der Waals surface area (Å²) in [6, 6.07) is 37.1. The van der Waals surface area contributed by atoms with E-state index in [9.17, 15) is 4.79 Å². The van der Waals surface area contributed by atoms with Gasteiger partial charge in [-0.05, 0) is 45.8 Å². The minimum absolute atomic E-state index is 0.0184. The van der Waals surface area contributed by atoms with Crippen molar-refractivity contribution in [3.8, 4) is 11.5 Å². The molecule has 2 unspecified atom stereocenters. The van der Waals surface area contributed by atoms with Crippen molar-refractivity contribution in [1.29, 1.82) is 0 Å². The number of fused-ring (bicyclic) bond motifs is 2. The van der Waals surface area contributed by atoms with Crippen LogP contribution in [0, 0.1) is 0 Å². The second-order valence-electron chi connectivity index (χ2n) is 10.9. The standard InChI is InChI=1S/C37H36N2O3S2/c1-38(23-21-33(35-19-9-25-43-35)41-31-17-7-13-27-11-3-5-15-29(27)31)37(40)39(2)24-22-34(36-20-10-26-44-36)42-32-18-8-14-28-12-4-6-16-30(28)32/h3-20,25-26,33-34H,21-24H2,1-2H3. The number of nitrogens with zero attached hydrogens (tertiary/aromatic N) is 2. The molecule has 6 aromatic rings. The lowest BCUT2D eigenvalue weighted by Gasteiger charge is -2.28. The Kier molecular flexibility index (Phi) is 9.44. The molecule has 2 heterocycles. The zero-order valence-corrected chi connectivity index (χ0v) is 26.6. The van der Waals surface area contributed by atoms with Gasteiger partial charge in [-0.3, -0.25) is 0 Å². The average molecular weight is 621 g/mol. The summed E-state index contributed by atoms with van der Waals surface area (Å²) in [7, 11) is 3.73. The highest BCUT2D eigenvalue weighted by molar-refractivity contribution is 7.10. The average Bonchev–Trinajstić information content (AvgIpc) is 3.80. The number of thiophene rings is 2. The Balaban J connectivity index is 1.09. The fourth-order valence-corrected chi connectivity index (χ4v) is 7.05. The molecule has 44 heavy (non-hydrogen) atoms. The van der Waals surface area contributed by atoms with Crippen LogP contribution in [0.4, 0.5) is 4.79 Å². The zero-order chi connectivity index (χ0) is 30.3. The van der Waals surface area contributed by atoms with E-state index in [1.165, 1.54) is 0 Å². The van der Waals surface area contributed by atoms with Crippen molar-refractivity contribution in [2.24, 2.45) is 0 Å². The van der Waals surface area contributed by atoms with Crippen molar-refractivity contribution in [3.05, 3.63) is 130 Å². The Bertz CT molecular complexity index is 1660. The van der Waals surface area contributed by atoms with Gasteiger partial charge in [0.25, 0.3) is 0 Å².